The normalized spacial score (nSPS) is 27.3. The van der Waals surface area contributed by atoms with Gasteiger partial charge in [-0.25, -0.2) is 9.97 Å². The van der Waals surface area contributed by atoms with Crippen molar-refractivity contribution in [2.75, 3.05) is 51.8 Å². The SMILES string of the molecule is CCNc1ncc(CN2C[C@H]3COC[C@@H]2CN(C)C3)cn1. The summed E-state index contributed by atoms with van der Waals surface area (Å²) in [7, 11) is 2.21. The summed E-state index contributed by atoms with van der Waals surface area (Å²) in [6, 6.07) is 0.468. The van der Waals surface area contributed by atoms with Crippen LogP contribution >= 0.6 is 0 Å². The zero-order valence-corrected chi connectivity index (χ0v) is 13.0. The number of nitrogens with zero attached hydrogens (tertiary/aromatic N) is 4. The van der Waals surface area contributed by atoms with Gasteiger partial charge < -0.3 is 15.0 Å². The van der Waals surface area contributed by atoms with E-state index in [-0.39, 0.29) is 0 Å². The minimum Gasteiger partial charge on any atom is -0.379 e. The van der Waals surface area contributed by atoms with Gasteiger partial charge in [-0.15, -0.1) is 0 Å². The maximum Gasteiger partial charge on any atom is 0.222 e. The Hall–Kier alpha value is -1.24. The monoisotopic (exact) mass is 291 g/mol. The summed E-state index contributed by atoms with van der Waals surface area (Å²) in [4.78, 5) is 13.7. The number of hydrogen-bond donors (Lipinski definition) is 1. The lowest BCUT2D eigenvalue weighted by Crippen LogP contribution is -2.42. The molecule has 0 amide bonds. The quantitative estimate of drug-likeness (QED) is 0.880. The van der Waals surface area contributed by atoms with Gasteiger partial charge in [0, 0.05) is 62.6 Å². The second-order valence-corrected chi connectivity index (χ2v) is 6.15. The van der Waals surface area contributed by atoms with Crippen molar-refractivity contribution in [2.45, 2.75) is 19.5 Å². The van der Waals surface area contributed by atoms with Gasteiger partial charge in [0.1, 0.15) is 0 Å². The fourth-order valence-electron chi connectivity index (χ4n) is 3.28. The van der Waals surface area contributed by atoms with Crippen LogP contribution in [0.15, 0.2) is 12.4 Å². The van der Waals surface area contributed by atoms with Crippen molar-refractivity contribution in [1.29, 1.82) is 0 Å². The second kappa shape index (κ2) is 6.68. The highest BCUT2D eigenvalue weighted by Gasteiger charge is 2.31. The standard InChI is InChI=1S/C15H25N5O/c1-3-16-15-17-4-12(5-18-15)7-20-8-13-6-19(2)9-14(20)11-21-10-13/h4-5,13-14H,3,6-11H2,1-2H3,(H,16,17,18)/t13-,14-/m0/s1. The fraction of sp³-hybridized carbons (Fsp3) is 0.733. The number of fused-ring (bicyclic) bond motifs is 3. The van der Waals surface area contributed by atoms with Crippen molar-refractivity contribution in [3.8, 4) is 0 Å². The van der Waals surface area contributed by atoms with Crippen LogP contribution in [0.1, 0.15) is 12.5 Å². The molecule has 116 valence electrons. The van der Waals surface area contributed by atoms with Crippen LogP contribution in [-0.2, 0) is 11.3 Å². The van der Waals surface area contributed by atoms with Crippen LogP contribution in [0.5, 0.6) is 0 Å². The summed E-state index contributed by atoms with van der Waals surface area (Å²) in [5.74, 6) is 1.31. The Morgan fingerprint density at radius 1 is 1.24 bits per heavy atom. The molecule has 6 nitrogen and oxygen atoms in total. The Morgan fingerprint density at radius 2 is 2.05 bits per heavy atom. The van der Waals surface area contributed by atoms with E-state index in [2.05, 4.69) is 32.1 Å². The minimum atomic E-state index is 0.468. The lowest BCUT2D eigenvalue weighted by atomic mass is 10.1. The van der Waals surface area contributed by atoms with E-state index in [1.165, 1.54) is 5.56 Å². The van der Waals surface area contributed by atoms with E-state index in [1.54, 1.807) is 0 Å². The molecule has 2 aliphatic heterocycles. The van der Waals surface area contributed by atoms with Gasteiger partial charge in [-0.3, -0.25) is 4.90 Å². The summed E-state index contributed by atoms with van der Waals surface area (Å²) in [5, 5.41) is 3.13. The van der Waals surface area contributed by atoms with Gasteiger partial charge in [-0.2, -0.15) is 0 Å². The molecule has 1 aromatic heterocycles. The average Bonchev–Trinajstić information content (AvgIpc) is 2.71. The summed E-state index contributed by atoms with van der Waals surface area (Å²) < 4.78 is 5.82. The molecule has 0 aliphatic carbocycles. The Balaban J connectivity index is 1.68. The van der Waals surface area contributed by atoms with Crippen LogP contribution in [-0.4, -0.2) is 72.3 Å². The molecule has 0 saturated carbocycles. The van der Waals surface area contributed by atoms with Crippen molar-refractivity contribution in [3.63, 3.8) is 0 Å². The summed E-state index contributed by atoms with van der Waals surface area (Å²) in [5.41, 5.74) is 1.17. The van der Waals surface area contributed by atoms with Crippen molar-refractivity contribution in [1.82, 2.24) is 19.8 Å². The van der Waals surface area contributed by atoms with Gasteiger partial charge in [0.15, 0.2) is 0 Å². The van der Waals surface area contributed by atoms with Crippen molar-refractivity contribution < 1.29 is 4.74 Å². The highest BCUT2D eigenvalue weighted by molar-refractivity contribution is 5.24. The van der Waals surface area contributed by atoms with Crippen LogP contribution in [0.4, 0.5) is 5.95 Å². The predicted molar refractivity (Wildman–Crippen MR) is 82.2 cm³/mol. The summed E-state index contributed by atoms with van der Waals surface area (Å²) >= 11 is 0. The molecule has 0 radical (unpaired) electrons. The van der Waals surface area contributed by atoms with Crippen LogP contribution < -0.4 is 5.32 Å². The van der Waals surface area contributed by atoms with E-state index >= 15 is 0 Å². The van der Waals surface area contributed by atoms with E-state index in [9.17, 15) is 0 Å². The van der Waals surface area contributed by atoms with Gasteiger partial charge in [0.2, 0.25) is 5.95 Å². The topological polar surface area (TPSA) is 53.5 Å². The second-order valence-electron chi connectivity index (χ2n) is 6.15. The minimum absolute atomic E-state index is 0.468. The van der Waals surface area contributed by atoms with Gasteiger partial charge in [0.05, 0.1) is 13.2 Å². The summed E-state index contributed by atoms with van der Waals surface area (Å²) in [6.07, 6.45) is 3.87. The molecule has 2 atom stereocenters. The summed E-state index contributed by atoms with van der Waals surface area (Å²) in [6.45, 7) is 8.82. The molecule has 2 aliphatic rings. The van der Waals surface area contributed by atoms with Crippen molar-refractivity contribution in [3.05, 3.63) is 18.0 Å². The molecule has 3 heterocycles. The van der Waals surface area contributed by atoms with E-state index in [1.807, 2.05) is 19.3 Å². The van der Waals surface area contributed by atoms with Crippen LogP contribution in [0.2, 0.25) is 0 Å². The molecule has 3 rings (SSSR count). The molecule has 2 fully saturated rings. The van der Waals surface area contributed by atoms with E-state index in [0.29, 0.717) is 17.9 Å². The number of nitrogens with one attached hydrogen (secondary N) is 1. The number of ether oxygens (including phenoxy) is 1. The number of rotatable bonds is 4. The van der Waals surface area contributed by atoms with E-state index in [4.69, 9.17) is 4.74 Å². The van der Waals surface area contributed by atoms with Gasteiger partial charge >= 0.3 is 0 Å². The first-order valence-electron chi connectivity index (χ1n) is 7.79. The molecule has 21 heavy (non-hydrogen) atoms. The van der Waals surface area contributed by atoms with Crippen molar-refractivity contribution >= 4 is 5.95 Å². The Kier molecular flexibility index (Phi) is 4.67. The third-order valence-corrected chi connectivity index (χ3v) is 4.19. The maximum atomic E-state index is 5.82. The van der Waals surface area contributed by atoms with Gasteiger partial charge in [0.25, 0.3) is 0 Å². The molecule has 2 saturated heterocycles. The molecule has 0 spiro atoms. The maximum absolute atomic E-state index is 5.82. The molecule has 0 unspecified atom stereocenters. The van der Waals surface area contributed by atoms with E-state index < -0.39 is 0 Å². The molecular formula is C15H25N5O. The Bertz CT molecular complexity index is 452. The lowest BCUT2D eigenvalue weighted by Gasteiger charge is -2.29. The van der Waals surface area contributed by atoms with Crippen molar-refractivity contribution in [2.24, 2.45) is 5.92 Å². The number of aromatic nitrogens is 2. The average molecular weight is 291 g/mol. The molecule has 1 aromatic rings. The number of anilines is 1. The van der Waals surface area contributed by atoms with Gasteiger partial charge in [-0.1, -0.05) is 0 Å². The zero-order valence-electron chi connectivity index (χ0n) is 13.0. The highest BCUT2D eigenvalue weighted by Crippen LogP contribution is 2.20. The molecule has 0 aromatic carbocycles. The van der Waals surface area contributed by atoms with Crippen LogP contribution in [0, 0.1) is 5.92 Å². The van der Waals surface area contributed by atoms with E-state index in [0.717, 1.165) is 45.9 Å². The highest BCUT2D eigenvalue weighted by atomic mass is 16.5. The molecule has 2 bridgehead atoms. The Morgan fingerprint density at radius 3 is 2.81 bits per heavy atom. The largest absolute Gasteiger partial charge is 0.379 e. The smallest absolute Gasteiger partial charge is 0.222 e. The Labute approximate surface area is 126 Å². The first-order chi connectivity index (χ1) is 10.2. The molecular weight excluding hydrogens is 266 g/mol. The first kappa shape index (κ1) is 14.7. The fourth-order valence-corrected chi connectivity index (χ4v) is 3.28. The third kappa shape index (κ3) is 3.70. The first-order valence-corrected chi connectivity index (χ1v) is 7.79. The zero-order chi connectivity index (χ0) is 14.7. The molecule has 1 N–H and O–H groups in total. The van der Waals surface area contributed by atoms with Crippen LogP contribution in [0.25, 0.3) is 0 Å². The third-order valence-electron chi connectivity index (χ3n) is 4.19. The molecule has 6 heteroatoms. The number of hydrogen-bond acceptors (Lipinski definition) is 6. The predicted octanol–water partition coefficient (Wildman–Crippen LogP) is 0.671. The lowest BCUT2D eigenvalue weighted by molar-refractivity contribution is 0.0561. The number of likely N-dealkylation sites (N-methyl/N-ethyl adjacent to an activating group) is 1. The van der Waals surface area contributed by atoms with Crippen LogP contribution in [0.3, 0.4) is 0 Å². The van der Waals surface area contributed by atoms with Gasteiger partial charge in [-0.05, 0) is 14.0 Å².